The summed E-state index contributed by atoms with van der Waals surface area (Å²) in [6.45, 7) is 4.68. The first-order valence-corrected chi connectivity index (χ1v) is 11.3. The van der Waals surface area contributed by atoms with Crippen LogP contribution in [0.4, 0.5) is 0 Å². The molecule has 0 radical (unpaired) electrons. The Kier molecular flexibility index (Phi) is 14.0. The molecule has 0 atom stereocenters. The molecule has 3 heteroatoms. The zero-order valence-electron chi connectivity index (χ0n) is 18.0. The number of ether oxygens (including phenoxy) is 1. The number of allylic oxidation sites excluding steroid dienone is 2. The number of hydrogen-bond donors (Lipinski definition) is 1. The Bertz CT molecular complexity index is 563. The lowest BCUT2D eigenvalue weighted by Crippen LogP contribution is -1.94. The van der Waals surface area contributed by atoms with Crippen molar-refractivity contribution < 1.29 is 14.6 Å². The fraction of sp³-hybridized carbons (Fsp3) is 0.640. The van der Waals surface area contributed by atoms with Crippen molar-refractivity contribution in [3.8, 4) is 11.5 Å². The van der Waals surface area contributed by atoms with Crippen LogP contribution < -0.4 is 4.74 Å². The third-order valence-electron chi connectivity index (χ3n) is 5.00. The van der Waals surface area contributed by atoms with Crippen molar-refractivity contribution in [1.82, 2.24) is 0 Å². The van der Waals surface area contributed by atoms with Crippen molar-refractivity contribution in [1.29, 1.82) is 0 Å². The minimum Gasteiger partial charge on any atom is -0.504 e. The van der Waals surface area contributed by atoms with Gasteiger partial charge >= 0.3 is 0 Å². The Hall–Kier alpha value is -1.77. The molecule has 0 saturated heterocycles. The van der Waals surface area contributed by atoms with Crippen LogP contribution >= 0.6 is 0 Å². The van der Waals surface area contributed by atoms with E-state index in [1.54, 1.807) is 12.1 Å². The molecule has 0 unspecified atom stereocenters. The molecule has 1 aromatic carbocycles. The summed E-state index contributed by atoms with van der Waals surface area (Å²) >= 11 is 0. The number of hydrogen-bond acceptors (Lipinski definition) is 3. The molecule has 0 aliphatic carbocycles. The Labute approximate surface area is 172 Å². The van der Waals surface area contributed by atoms with E-state index in [2.05, 4.69) is 6.92 Å². The summed E-state index contributed by atoms with van der Waals surface area (Å²) in [6.07, 6.45) is 18.9. The summed E-state index contributed by atoms with van der Waals surface area (Å²) in [5, 5.41) is 9.72. The minimum absolute atomic E-state index is 0.174. The number of aromatic hydroxyl groups is 1. The van der Waals surface area contributed by atoms with Gasteiger partial charge in [0, 0.05) is 6.42 Å². The lowest BCUT2D eigenvalue weighted by Gasteiger charge is -2.07. The zero-order chi connectivity index (χ0) is 20.5. The van der Waals surface area contributed by atoms with Crippen LogP contribution in [0.5, 0.6) is 11.5 Å². The number of rotatable bonds is 17. The van der Waals surface area contributed by atoms with E-state index < -0.39 is 0 Å². The molecule has 1 rings (SSSR count). The molecule has 0 fully saturated rings. The quantitative estimate of drug-likeness (QED) is 0.227. The van der Waals surface area contributed by atoms with Gasteiger partial charge in [0.05, 0.1) is 6.61 Å². The summed E-state index contributed by atoms with van der Waals surface area (Å²) in [5.74, 6) is 0.939. The van der Waals surface area contributed by atoms with Crippen molar-refractivity contribution >= 4 is 5.78 Å². The Morgan fingerprint density at radius 3 is 2.25 bits per heavy atom. The molecule has 28 heavy (non-hydrogen) atoms. The van der Waals surface area contributed by atoms with Crippen molar-refractivity contribution in [2.45, 2.75) is 97.3 Å². The van der Waals surface area contributed by atoms with Crippen LogP contribution in [0.15, 0.2) is 30.4 Å². The molecule has 3 nitrogen and oxygen atoms in total. The van der Waals surface area contributed by atoms with Crippen LogP contribution in [0.2, 0.25) is 0 Å². The molecule has 0 spiro atoms. The van der Waals surface area contributed by atoms with Crippen LogP contribution in [0.1, 0.15) is 96.5 Å². The normalized spacial score (nSPS) is 11.2. The highest BCUT2D eigenvalue weighted by molar-refractivity contribution is 5.89. The van der Waals surface area contributed by atoms with Gasteiger partial charge < -0.3 is 9.84 Å². The first-order chi connectivity index (χ1) is 13.7. The second-order valence-corrected chi connectivity index (χ2v) is 7.57. The van der Waals surface area contributed by atoms with Crippen molar-refractivity contribution in [3.05, 3.63) is 35.9 Å². The van der Waals surface area contributed by atoms with Gasteiger partial charge in [-0.05, 0) is 50.0 Å². The molecule has 158 valence electrons. The maximum Gasteiger partial charge on any atom is 0.161 e. The Morgan fingerprint density at radius 2 is 1.61 bits per heavy atom. The maximum atomic E-state index is 11.9. The van der Waals surface area contributed by atoms with Gasteiger partial charge in [-0.25, -0.2) is 0 Å². The van der Waals surface area contributed by atoms with Gasteiger partial charge in [-0.3, -0.25) is 4.79 Å². The predicted octanol–water partition coefficient (Wildman–Crippen LogP) is 7.16. The van der Waals surface area contributed by atoms with Crippen LogP contribution in [0.3, 0.4) is 0 Å². The van der Waals surface area contributed by atoms with Gasteiger partial charge in [-0.1, -0.05) is 76.9 Å². The van der Waals surface area contributed by atoms with Gasteiger partial charge in [0.2, 0.25) is 0 Å². The molecule has 0 amide bonds. The molecule has 0 aromatic heterocycles. The zero-order valence-corrected chi connectivity index (χ0v) is 18.0. The number of aryl methyl sites for hydroxylation is 1. The summed E-state index contributed by atoms with van der Waals surface area (Å²) in [5.41, 5.74) is 1.10. The summed E-state index contributed by atoms with van der Waals surface area (Å²) < 4.78 is 5.40. The van der Waals surface area contributed by atoms with Gasteiger partial charge in [0.25, 0.3) is 0 Å². The van der Waals surface area contributed by atoms with Gasteiger partial charge in [0.1, 0.15) is 0 Å². The van der Waals surface area contributed by atoms with Crippen molar-refractivity contribution in [3.63, 3.8) is 0 Å². The monoisotopic (exact) mass is 388 g/mol. The SMILES string of the molecule is CCCCCCCCCCCCC(=O)C=CCCc1ccc(O)c(OCC)c1. The van der Waals surface area contributed by atoms with Crippen LogP contribution in [-0.4, -0.2) is 17.5 Å². The Morgan fingerprint density at radius 1 is 0.964 bits per heavy atom. The lowest BCUT2D eigenvalue weighted by molar-refractivity contribution is -0.114. The van der Waals surface area contributed by atoms with E-state index in [0.29, 0.717) is 18.8 Å². The molecular formula is C25H40O3. The highest BCUT2D eigenvalue weighted by Gasteiger charge is 2.03. The van der Waals surface area contributed by atoms with E-state index >= 15 is 0 Å². The largest absolute Gasteiger partial charge is 0.504 e. The van der Waals surface area contributed by atoms with E-state index in [1.807, 2.05) is 25.1 Å². The first kappa shape index (κ1) is 24.3. The number of phenols is 1. The van der Waals surface area contributed by atoms with E-state index in [1.165, 1.54) is 57.8 Å². The van der Waals surface area contributed by atoms with Crippen molar-refractivity contribution in [2.75, 3.05) is 6.61 Å². The summed E-state index contributed by atoms with van der Waals surface area (Å²) in [7, 11) is 0. The molecule has 0 saturated carbocycles. The molecular weight excluding hydrogens is 348 g/mol. The Balaban J connectivity index is 2.06. The molecule has 0 aliphatic heterocycles. The number of ketones is 1. The van der Waals surface area contributed by atoms with Crippen LogP contribution in [-0.2, 0) is 11.2 Å². The highest BCUT2D eigenvalue weighted by atomic mass is 16.5. The molecule has 1 N–H and O–H groups in total. The second kappa shape index (κ2) is 16.2. The first-order valence-electron chi connectivity index (χ1n) is 11.3. The molecule has 0 heterocycles. The standard InChI is InChI=1S/C25H40O3/c1-3-5-6-7-8-9-10-11-12-13-17-23(26)18-15-14-16-22-19-20-24(27)25(21-22)28-4-2/h15,18-21,27H,3-14,16-17H2,1-2H3. The van der Waals surface area contributed by atoms with Gasteiger partial charge in [-0.15, -0.1) is 0 Å². The summed E-state index contributed by atoms with van der Waals surface area (Å²) in [6, 6.07) is 5.44. The number of carbonyl (C=O) groups is 1. The van der Waals surface area contributed by atoms with Crippen molar-refractivity contribution in [2.24, 2.45) is 0 Å². The highest BCUT2D eigenvalue weighted by Crippen LogP contribution is 2.27. The van der Waals surface area contributed by atoms with E-state index in [4.69, 9.17) is 4.74 Å². The van der Waals surface area contributed by atoms with E-state index in [0.717, 1.165) is 24.8 Å². The van der Waals surface area contributed by atoms with Gasteiger partial charge in [-0.2, -0.15) is 0 Å². The molecule has 1 aromatic rings. The number of carbonyl (C=O) groups excluding carboxylic acids is 1. The number of benzene rings is 1. The number of phenolic OH excluding ortho intramolecular Hbond substituents is 1. The lowest BCUT2D eigenvalue weighted by atomic mass is 10.0. The minimum atomic E-state index is 0.174. The summed E-state index contributed by atoms with van der Waals surface area (Å²) in [4.78, 5) is 11.9. The third kappa shape index (κ3) is 11.8. The second-order valence-electron chi connectivity index (χ2n) is 7.57. The average molecular weight is 389 g/mol. The average Bonchev–Trinajstić information content (AvgIpc) is 2.69. The van der Waals surface area contributed by atoms with Crippen LogP contribution in [0, 0.1) is 0 Å². The smallest absolute Gasteiger partial charge is 0.161 e. The van der Waals surface area contributed by atoms with E-state index in [9.17, 15) is 9.90 Å². The number of unbranched alkanes of at least 4 members (excludes halogenated alkanes) is 9. The molecule has 0 aliphatic rings. The fourth-order valence-corrected chi connectivity index (χ4v) is 3.32. The topological polar surface area (TPSA) is 46.5 Å². The fourth-order valence-electron chi connectivity index (χ4n) is 3.32. The van der Waals surface area contributed by atoms with Crippen LogP contribution in [0.25, 0.3) is 0 Å². The van der Waals surface area contributed by atoms with E-state index in [-0.39, 0.29) is 11.5 Å². The third-order valence-corrected chi connectivity index (χ3v) is 5.00. The predicted molar refractivity (Wildman–Crippen MR) is 118 cm³/mol. The maximum absolute atomic E-state index is 11.9. The van der Waals surface area contributed by atoms with Gasteiger partial charge in [0.15, 0.2) is 17.3 Å². The molecule has 0 bridgehead atoms.